The molecule has 0 aromatic heterocycles. The van der Waals surface area contributed by atoms with Gasteiger partial charge in [0.2, 0.25) is 0 Å². The van der Waals surface area contributed by atoms with Gasteiger partial charge in [0, 0.05) is 11.1 Å². The Balaban J connectivity index is 2.09. The van der Waals surface area contributed by atoms with Crippen molar-refractivity contribution >= 4 is 17.6 Å². The average molecular weight is 240 g/mol. The smallest absolute Gasteiger partial charge is 0.320 e. The third-order valence-electron chi connectivity index (χ3n) is 2.96. The number of carboxylic acid groups (broad SMARTS) is 1. The van der Waals surface area contributed by atoms with Crippen molar-refractivity contribution < 1.29 is 9.90 Å². The number of rotatable bonds is 2. The first-order chi connectivity index (χ1) is 7.66. The Bertz CT molecular complexity index is 377. The van der Waals surface area contributed by atoms with Gasteiger partial charge in [-0.05, 0) is 37.0 Å². The van der Waals surface area contributed by atoms with Crippen LogP contribution < -0.4 is 5.32 Å². The Hall–Kier alpha value is -1.06. The summed E-state index contributed by atoms with van der Waals surface area (Å²) in [6.45, 7) is 0. The van der Waals surface area contributed by atoms with Crippen LogP contribution in [0.2, 0.25) is 5.02 Å². The van der Waals surface area contributed by atoms with E-state index >= 15 is 0 Å². The minimum absolute atomic E-state index is 0.132. The normalized spacial score (nSPS) is 25.3. The van der Waals surface area contributed by atoms with Crippen LogP contribution in [0.3, 0.4) is 0 Å². The molecule has 1 fully saturated rings. The molecule has 1 aromatic carbocycles. The van der Waals surface area contributed by atoms with E-state index in [1.807, 2.05) is 24.3 Å². The molecule has 1 aromatic rings. The molecule has 3 nitrogen and oxygen atoms in total. The van der Waals surface area contributed by atoms with Crippen LogP contribution in [0.4, 0.5) is 0 Å². The lowest BCUT2D eigenvalue weighted by molar-refractivity contribution is -0.140. The van der Waals surface area contributed by atoms with Crippen LogP contribution in [0.5, 0.6) is 0 Å². The molecule has 2 rings (SSSR count). The average Bonchev–Trinajstić information content (AvgIpc) is 2.30. The molecule has 0 radical (unpaired) electrons. The van der Waals surface area contributed by atoms with Gasteiger partial charge in [-0.1, -0.05) is 23.7 Å². The van der Waals surface area contributed by atoms with E-state index < -0.39 is 12.0 Å². The third-order valence-corrected chi connectivity index (χ3v) is 3.21. The van der Waals surface area contributed by atoms with E-state index in [1.54, 1.807) is 0 Å². The second kappa shape index (κ2) is 4.85. The lowest BCUT2D eigenvalue weighted by Crippen LogP contribution is -2.42. The summed E-state index contributed by atoms with van der Waals surface area (Å²) in [7, 11) is 0. The molecule has 0 bridgehead atoms. The summed E-state index contributed by atoms with van der Waals surface area (Å²) in [6, 6.07) is 7.28. The van der Waals surface area contributed by atoms with E-state index in [0.717, 1.165) is 18.4 Å². The maximum absolute atomic E-state index is 10.9. The zero-order chi connectivity index (χ0) is 11.5. The number of halogens is 1. The van der Waals surface area contributed by atoms with Crippen molar-refractivity contribution in [1.82, 2.24) is 5.32 Å². The summed E-state index contributed by atoms with van der Waals surface area (Å²) in [5, 5.41) is 12.8. The fourth-order valence-electron chi connectivity index (χ4n) is 2.09. The lowest BCUT2D eigenvalue weighted by atomic mass is 9.93. The van der Waals surface area contributed by atoms with Crippen molar-refractivity contribution in [3.05, 3.63) is 34.9 Å². The quantitative estimate of drug-likeness (QED) is 0.834. The first-order valence-corrected chi connectivity index (χ1v) is 5.79. The fraction of sp³-hybridized carbons (Fsp3) is 0.417. The van der Waals surface area contributed by atoms with Crippen LogP contribution in [-0.2, 0) is 4.79 Å². The molecule has 1 saturated heterocycles. The number of aliphatic carboxylic acids is 1. The van der Waals surface area contributed by atoms with Gasteiger partial charge in [0.1, 0.15) is 6.04 Å². The zero-order valence-corrected chi connectivity index (χ0v) is 9.57. The highest BCUT2D eigenvalue weighted by Gasteiger charge is 2.26. The number of hydrogen-bond donors (Lipinski definition) is 2. The molecule has 0 amide bonds. The minimum Gasteiger partial charge on any atom is -0.480 e. The summed E-state index contributed by atoms with van der Waals surface area (Å²) in [5.74, 6) is -0.765. The van der Waals surface area contributed by atoms with Gasteiger partial charge in [-0.2, -0.15) is 0 Å². The Morgan fingerprint density at radius 3 is 2.62 bits per heavy atom. The molecular weight excluding hydrogens is 226 g/mol. The maximum Gasteiger partial charge on any atom is 0.320 e. The summed E-state index contributed by atoms with van der Waals surface area (Å²) in [4.78, 5) is 10.9. The topological polar surface area (TPSA) is 49.3 Å². The number of carboxylic acids is 1. The largest absolute Gasteiger partial charge is 0.480 e. The molecule has 0 aliphatic carbocycles. The molecule has 1 aliphatic heterocycles. The van der Waals surface area contributed by atoms with Gasteiger partial charge in [-0.3, -0.25) is 10.1 Å². The summed E-state index contributed by atoms with van der Waals surface area (Å²) in [6.07, 6.45) is 2.63. The fourth-order valence-corrected chi connectivity index (χ4v) is 2.21. The van der Waals surface area contributed by atoms with Crippen molar-refractivity contribution in [2.45, 2.75) is 31.3 Å². The predicted molar refractivity (Wildman–Crippen MR) is 62.6 cm³/mol. The summed E-state index contributed by atoms with van der Waals surface area (Å²) >= 11 is 5.82. The van der Waals surface area contributed by atoms with Gasteiger partial charge >= 0.3 is 5.97 Å². The summed E-state index contributed by atoms with van der Waals surface area (Å²) < 4.78 is 0. The molecule has 0 saturated carbocycles. The van der Waals surface area contributed by atoms with E-state index in [2.05, 4.69) is 5.32 Å². The number of benzene rings is 1. The zero-order valence-electron chi connectivity index (χ0n) is 8.82. The molecule has 2 atom stereocenters. The van der Waals surface area contributed by atoms with Crippen molar-refractivity contribution in [2.75, 3.05) is 0 Å². The van der Waals surface area contributed by atoms with Gasteiger partial charge in [0.15, 0.2) is 0 Å². The predicted octanol–water partition coefficient (Wildman–Crippen LogP) is 2.61. The van der Waals surface area contributed by atoms with Crippen LogP contribution >= 0.6 is 11.6 Å². The molecular formula is C12H14ClNO2. The van der Waals surface area contributed by atoms with E-state index in [1.165, 1.54) is 0 Å². The number of hydrogen-bond acceptors (Lipinski definition) is 2. The standard InChI is InChI=1S/C12H14ClNO2/c13-9-6-4-8(5-7-9)10-2-1-3-11(14-10)12(15)16/h4-7,10-11,14H,1-3H2,(H,15,16)/t10-,11+/m0/s1. The molecule has 0 spiro atoms. The van der Waals surface area contributed by atoms with Gasteiger partial charge < -0.3 is 5.11 Å². The molecule has 86 valence electrons. The number of nitrogens with one attached hydrogen (secondary N) is 1. The number of carbonyl (C=O) groups is 1. The highest BCUT2D eigenvalue weighted by Crippen LogP contribution is 2.26. The highest BCUT2D eigenvalue weighted by atomic mass is 35.5. The van der Waals surface area contributed by atoms with E-state index in [-0.39, 0.29) is 6.04 Å². The van der Waals surface area contributed by atoms with Crippen LogP contribution in [0.1, 0.15) is 30.9 Å². The molecule has 2 N–H and O–H groups in total. The van der Waals surface area contributed by atoms with Gasteiger partial charge in [0.25, 0.3) is 0 Å². The lowest BCUT2D eigenvalue weighted by Gasteiger charge is -2.28. The van der Waals surface area contributed by atoms with E-state index in [9.17, 15) is 4.79 Å². The third kappa shape index (κ3) is 2.54. The Morgan fingerprint density at radius 1 is 1.31 bits per heavy atom. The maximum atomic E-state index is 10.9. The van der Waals surface area contributed by atoms with Gasteiger partial charge in [-0.15, -0.1) is 0 Å². The first kappa shape index (κ1) is 11.4. The van der Waals surface area contributed by atoms with Crippen molar-refractivity contribution in [2.24, 2.45) is 0 Å². The second-order valence-electron chi connectivity index (χ2n) is 4.09. The van der Waals surface area contributed by atoms with Gasteiger partial charge in [-0.25, -0.2) is 0 Å². The highest BCUT2D eigenvalue weighted by molar-refractivity contribution is 6.30. The SMILES string of the molecule is O=C(O)[C@H]1CCC[C@@H](c2ccc(Cl)cc2)N1. The first-order valence-electron chi connectivity index (χ1n) is 5.41. The van der Waals surface area contributed by atoms with Crippen LogP contribution in [0.25, 0.3) is 0 Å². The monoisotopic (exact) mass is 239 g/mol. The van der Waals surface area contributed by atoms with E-state index in [0.29, 0.717) is 11.4 Å². The van der Waals surface area contributed by atoms with Crippen LogP contribution in [0.15, 0.2) is 24.3 Å². The second-order valence-corrected chi connectivity index (χ2v) is 4.53. The molecule has 1 heterocycles. The van der Waals surface area contributed by atoms with Crippen LogP contribution in [-0.4, -0.2) is 17.1 Å². The minimum atomic E-state index is -0.765. The Morgan fingerprint density at radius 2 is 2.00 bits per heavy atom. The Kier molecular flexibility index (Phi) is 3.46. The van der Waals surface area contributed by atoms with Gasteiger partial charge in [0.05, 0.1) is 0 Å². The summed E-state index contributed by atoms with van der Waals surface area (Å²) in [5.41, 5.74) is 1.11. The van der Waals surface area contributed by atoms with Crippen molar-refractivity contribution in [3.8, 4) is 0 Å². The Labute approximate surface area is 99.4 Å². The molecule has 1 aliphatic rings. The molecule has 4 heteroatoms. The van der Waals surface area contributed by atoms with Crippen LogP contribution in [0, 0.1) is 0 Å². The van der Waals surface area contributed by atoms with Crippen molar-refractivity contribution in [3.63, 3.8) is 0 Å². The van der Waals surface area contributed by atoms with Crippen molar-refractivity contribution in [1.29, 1.82) is 0 Å². The molecule has 0 unspecified atom stereocenters. The molecule has 16 heavy (non-hydrogen) atoms. The number of piperidine rings is 1. The van der Waals surface area contributed by atoms with E-state index in [4.69, 9.17) is 16.7 Å².